The molecule has 138 valence electrons. The van der Waals surface area contributed by atoms with Gasteiger partial charge in [0.15, 0.2) is 0 Å². The Morgan fingerprint density at radius 3 is 2.70 bits per heavy atom. The summed E-state index contributed by atoms with van der Waals surface area (Å²) in [6.07, 6.45) is 4.69. The van der Waals surface area contributed by atoms with E-state index < -0.39 is 0 Å². The molecular formula is C21H21FN4O. The van der Waals surface area contributed by atoms with Crippen molar-refractivity contribution in [1.82, 2.24) is 15.1 Å². The lowest BCUT2D eigenvalue weighted by molar-refractivity contribution is 0.247. The Morgan fingerprint density at radius 1 is 1.15 bits per heavy atom. The van der Waals surface area contributed by atoms with Crippen LogP contribution in [-0.4, -0.2) is 15.8 Å². The zero-order chi connectivity index (χ0) is 18.6. The predicted molar refractivity (Wildman–Crippen MR) is 102 cm³/mol. The highest BCUT2D eigenvalue weighted by molar-refractivity contribution is 5.89. The summed E-state index contributed by atoms with van der Waals surface area (Å²) in [6, 6.07) is 15.6. The van der Waals surface area contributed by atoms with Crippen molar-refractivity contribution in [2.45, 2.75) is 31.8 Å². The van der Waals surface area contributed by atoms with Crippen LogP contribution in [-0.2, 0) is 13.0 Å². The lowest BCUT2D eigenvalue weighted by Gasteiger charge is -2.24. The van der Waals surface area contributed by atoms with Gasteiger partial charge in [-0.3, -0.25) is 4.68 Å². The molecular weight excluding hydrogens is 343 g/mol. The largest absolute Gasteiger partial charge is 0.331 e. The molecule has 0 aliphatic heterocycles. The lowest BCUT2D eigenvalue weighted by Crippen LogP contribution is -2.34. The van der Waals surface area contributed by atoms with Gasteiger partial charge >= 0.3 is 6.03 Å². The Bertz CT molecular complexity index is 921. The number of anilines is 1. The van der Waals surface area contributed by atoms with Crippen molar-refractivity contribution in [3.63, 3.8) is 0 Å². The second kappa shape index (κ2) is 7.61. The minimum Gasteiger partial charge on any atom is -0.331 e. The monoisotopic (exact) mass is 364 g/mol. The molecule has 0 saturated heterocycles. The van der Waals surface area contributed by atoms with Gasteiger partial charge in [0.1, 0.15) is 5.82 Å². The number of rotatable bonds is 4. The number of fused-ring (bicyclic) bond motifs is 1. The van der Waals surface area contributed by atoms with Crippen molar-refractivity contribution in [2.75, 3.05) is 5.32 Å². The van der Waals surface area contributed by atoms with Crippen LogP contribution in [0.15, 0.2) is 60.8 Å². The normalized spacial score (nSPS) is 15.8. The van der Waals surface area contributed by atoms with Crippen LogP contribution in [0.4, 0.5) is 14.9 Å². The SMILES string of the molecule is O=C(Nc1ccc(F)cc1)NC1CCCc2c1cnn2Cc1ccccc1. The number of nitrogens with zero attached hydrogens (tertiary/aromatic N) is 2. The minimum absolute atomic E-state index is 0.0706. The maximum absolute atomic E-state index is 13.0. The predicted octanol–water partition coefficient (Wildman–Crippen LogP) is 4.27. The van der Waals surface area contributed by atoms with E-state index in [9.17, 15) is 9.18 Å². The molecule has 1 unspecified atom stereocenters. The first-order chi connectivity index (χ1) is 13.2. The van der Waals surface area contributed by atoms with Crippen LogP contribution in [0.1, 0.15) is 35.7 Å². The molecule has 1 aromatic heterocycles. The first-order valence-corrected chi connectivity index (χ1v) is 9.10. The molecule has 0 saturated carbocycles. The van der Waals surface area contributed by atoms with E-state index in [1.165, 1.54) is 23.4 Å². The van der Waals surface area contributed by atoms with Crippen LogP contribution in [0.2, 0.25) is 0 Å². The molecule has 27 heavy (non-hydrogen) atoms. The molecule has 3 aromatic rings. The zero-order valence-electron chi connectivity index (χ0n) is 14.9. The van der Waals surface area contributed by atoms with Crippen LogP contribution in [0.25, 0.3) is 0 Å². The van der Waals surface area contributed by atoms with E-state index >= 15 is 0 Å². The van der Waals surface area contributed by atoms with E-state index in [-0.39, 0.29) is 17.9 Å². The molecule has 0 fully saturated rings. The Balaban J connectivity index is 1.45. The molecule has 2 aromatic carbocycles. The van der Waals surface area contributed by atoms with Crippen LogP contribution in [0.5, 0.6) is 0 Å². The average Bonchev–Trinajstić information content (AvgIpc) is 3.08. The van der Waals surface area contributed by atoms with Gasteiger partial charge in [0, 0.05) is 16.9 Å². The van der Waals surface area contributed by atoms with Crippen molar-refractivity contribution in [2.24, 2.45) is 0 Å². The molecule has 2 amide bonds. The van der Waals surface area contributed by atoms with Gasteiger partial charge in [-0.1, -0.05) is 30.3 Å². The third kappa shape index (κ3) is 4.00. The van der Waals surface area contributed by atoms with E-state index in [2.05, 4.69) is 27.9 Å². The number of carbonyl (C=O) groups is 1. The average molecular weight is 364 g/mol. The number of carbonyl (C=O) groups excluding carboxylic acids is 1. The Morgan fingerprint density at radius 2 is 1.93 bits per heavy atom. The van der Waals surface area contributed by atoms with Crippen LogP contribution in [0, 0.1) is 5.82 Å². The molecule has 2 N–H and O–H groups in total. The molecule has 0 bridgehead atoms. The summed E-state index contributed by atoms with van der Waals surface area (Å²) in [6.45, 7) is 0.727. The first-order valence-electron chi connectivity index (χ1n) is 9.10. The van der Waals surface area contributed by atoms with Crippen molar-refractivity contribution < 1.29 is 9.18 Å². The van der Waals surface area contributed by atoms with E-state index in [1.807, 2.05) is 29.1 Å². The summed E-state index contributed by atoms with van der Waals surface area (Å²) < 4.78 is 15.0. The maximum atomic E-state index is 13.0. The fourth-order valence-corrected chi connectivity index (χ4v) is 3.52. The lowest BCUT2D eigenvalue weighted by atomic mass is 9.93. The van der Waals surface area contributed by atoms with Gasteiger partial charge in [0.05, 0.1) is 18.8 Å². The van der Waals surface area contributed by atoms with Gasteiger partial charge in [-0.15, -0.1) is 0 Å². The van der Waals surface area contributed by atoms with E-state index in [4.69, 9.17) is 0 Å². The number of nitrogens with one attached hydrogen (secondary N) is 2. The summed E-state index contributed by atoms with van der Waals surface area (Å²) in [5.41, 5.74) is 4.01. The summed E-state index contributed by atoms with van der Waals surface area (Å²) in [7, 11) is 0. The van der Waals surface area contributed by atoms with Gasteiger partial charge in [-0.05, 0) is 49.1 Å². The maximum Gasteiger partial charge on any atom is 0.319 e. The number of benzene rings is 2. The van der Waals surface area contributed by atoms with E-state index in [0.717, 1.165) is 31.4 Å². The minimum atomic E-state index is -0.330. The molecule has 1 aliphatic rings. The van der Waals surface area contributed by atoms with Gasteiger partial charge in [0.2, 0.25) is 0 Å². The fourth-order valence-electron chi connectivity index (χ4n) is 3.52. The topological polar surface area (TPSA) is 59.0 Å². The molecule has 5 nitrogen and oxygen atoms in total. The molecule has 4 rings (SSSR count). The van der Waals surface area contributed by atoms with Gasteiger partial charge in [-0.2, -0.15) is 5.10 Å². The second-order valence-corrected chi connectivity index (χ2v) is 6.74. The molecule has 0 radical (unpaired) electrons. The van der Waals surface area contributed by atoms with Crippen molar-refractivity contribution in [3.8, 4) is 0 Å². The smallest absolute Gasteiger partial charge is 0.319 e. The quantitative estimate of drug-likeness (QED) is 0.726. The molecule has 1 heterocycles. The third-order valence-corrected chi connectivity index (χ3v) is 4.85. The number of urea groups is 1. The third-order valence-electron chi connectivity index (χ3n) is 4.85. The summed E-state index contributed by atoms with van der Waals surface area (Å²) in [5.74, 6) is -0.330. The van der Waals surface area contributed by atoms with Crippen LogP contribution >= 0.6 is 0 Å². The van der Waals surface area contributed by atoms with Gasteiger partial charge in [-0.25, -0.2) is 9.18 Å². The van der Waals surface area contributed by atoms with Gasteiger partial charge < -0.3 is 10.6 Å². The Labute approximate surface area is 157 Å². The number of hydrogen-bond donors (Lipinski definition) is 2. The summed E-state index contributed by atoms with van der Waals surface area (Å²) in [4.78, 5) is 12.3. The van der Waals surface area contributed by atoms with Crippen molar-refractivity contribution in [3.05, 3.63) is 83.4 Å². The standard InChI is InChI=1S/C21H21FN4O/c22-16-9-11-17(12-10-16)24-21(27)25-19-7-4-8-20-18(19)13-23-26(20)14-15-5-2-1-3-6-15/h1-3,5-6,9-13,19H,4,7-8,14H2,(H2,24,25,27). The Hall–Kier alpha value is -3.15. The Kier molecular flexibility index (Phi) is 4.87. The second-order valence-electron chi connectivity index (χ2n) is 6.74. The van der Waals surface area contributed by atoms with Crippen LogP contribution in [0.3, 0.4) is 0 Å². The molecule has 6 heteroatoms. The van der Waals surface area contributed by atoms with Gasteiger partial charge in [0.25, 0.3) is 0 Å². The van der Waals surface area contributed by atoms with E-state index in [0.29, 0.717) is 5.69 Å². The van der Waals surface area contributed by atoms with Crippen LogP contribution < -0.4 is 10.6 Å². The molecule has 1 aliphatic carbocycles. The number of aromatic nitrogens is 2. The molecule has 0 spiro atoms. The first kappa shape index (κ1) is 17.3. The summed E-state index contributed by atoms with van der Waals surface area (Å²) >= 11 is 0. The highest BCUT2D eigenvalue weighted by Crippen LogP contribution is 2.30. The van der Waals surface area contributed by atoms with Crippen molar-refractivity contribution in [1.29, 1.82) is 0 Å². The number of halogens is 1. The molecule has 1 atom stereocenters. The van der Waals surface area contributed by atoms with Crippen molar-refractivity contribution >= 4 is 11.7 Å². The van der Waals surface area contributed by atoms with E-state index in [1.54, 1.807) is 12.1 Å². The zero-order valence-corrected chi connectivity index (χ0v) is 14.9. The number of hydrogen-bond acceptors (Lipinski definition) is 2. The number of amides is 2. The highest BCUT2D eigenvalue weighted by Gasteiger charge is 2.25. The summed E-state index contributed by atoms with van der Waals surface area (Å²) in [5, 5.41) is 10.3. The fraction of sp³-hybridized carbons (Fsp3) is 0.238. The highest BCUT2D eigenvalue weighted by atomic mass is 19.1.